The molecule has 160 valence electrons. The summed E-state index contributed by atoms with van der Waals surface area (Å²) in [6.07, 6.45) is 6.96. The molecule has 1 N–H and O–H groups in total. The predicted molar refractivity (Wildman–Crippen MR) is 118 cm³/mol. The average Bonchev–Trinajstić information content (AvgIpc) is 3.30. The standard InChI is InChI=1S/C24H26N4O3/c29-26-21-16-24(22-15-19-5-3-9-28(19)17-25-22)31-23-7-6-18(14-20(21)23)4-1-2-8-27-10-12-30-13-11-27/h3,5-7,9,14-17,29H,1-2,4,8,10-13H2/b26-21+. The van der Waals surface area contributed by atoms with Crippen molar-refractivity contribution in [2.75, 3.05) is 32.8 Å². The van der Waals surface area contributed by atoms with Crippen LogP contribution in [-0.2, 0) is 11.2 Å². The van der Waals surface area contributed by atoms with Crippen molar-refractivity contribution in [2.24, 2.45) is 5.16 Å². The van der Waals surface area contributed by atoms with Gasteiger partial charge in [-0.3, -0.25) is 4.90 Å². The number of nitrogens with zero attached hydrogens (tertiary/aromatic N) is 4. The summed E-state index contributed by atoms with van der Waals surface area (Å²) in [6, 6.07) is 13.8. The maximum Gasteiger partial charge on any atom is 0.155 e. The van der Waals surface area contributed by atoms with Gasteiger partial charge in [0, 0.05) is 36.3 Å². The third-order valence-electron chi connectivity index (χ3n) is 5.88. The number of hydrogen-bond acceptors (Lipinski definition) is 6. The van der Waals surface area contributed by atoms with Gasteiger partial charge in [0.15, 0.2) is 5.76 Å². The van der Waals surface area contributed by atoms with Gasteiger partial charge >= 0.3 is 0 Å². The fraction of sp³-hybridized carbons (Fsp3) is 0.333. The molecule has 0 bridgehead atoms. The summed E-state index contributed by atoms with van der Waals surface area (Å²) >= 11 is 0. The Bertz CT molecular complexity index is 1250. The van der Waals surface area contributed by atoms with E-state index in [0.717, 1.165) is 63.0 Å². The molecule has 0 spiro atoms. The third kappa shape index (κ3) is 4.33. The molecule has 7 heteroatoms. The first-order chi connectivity index (χ1) is 15.3. The van der Waals surface area contributed by atoms with Gasteiger partial charge in [-0.25, -0.2) is 4.98 Å². The zero-order valence-electron chi connectivity index (χ0n) is 17.4. The molecule has 5 rings (SSSR count). The molecule has 7 nitrogen and oxygen atoms in total. The van der Waals surface area contributed by atoms with Gasteiger partial charge in [-0.15, -0.1) is 0 Å². The lowest BCUT2D eigenvalue weighted by molar-refractivity contribution is 0.0372. The first-order valence-corrected chi connectivity index (χ1v) is 10.8. The second-order valence-corrected chi connectivity index (χ2v) is 7.95. The molecule has 0 saturated carbocycles. The Morgan fingerprint density at radius 1 is 1.06 bits per heavy atom. The van der Waals surface area contributed by atoms with Crippen LogP contribution in [0.25, 0.3) is 27.9 Å². The van der Waals surface area contributed by atoms with Gasteiger partial charge in [0.1, 0.15) is 16.6 Å². The molecule has 1 aliphatic heterocycles. The Morgan fingerprint density at radius 3 is 2.84 bits per heavy atom. The first-order valence-electron chi connectivity index (χ1n) is 10.8. The summed E-state index contributed by atoms with van der Waals surface area (Å²) in [6.45, 7) is 4.88. The molecule has 0 atom stereocenters. The van der Waals surface area contributed by atoms with Crippen molar-refractivity contribution in [2.45, 2.75) is 19.3 Å². The third-order valence-corrected chi connectivity index (χ3v) is 5.88. The lowest BCUT2D eigenvalue weighted by Crippen LogP contribution is -2.36. The molecule has 1 aliphatic rings. The van der Waals surface area contributed by atoms with E-state index in [1.807, 2.05) is 34.9 Å². The van der Waals surface area contributed by atoms with Gasteiger partial charge in [-0.1, -0.05) is 11.2 Å². The van der Waals surface area contributed by atoms with Crippen molar-refractivity contribution in [1.29, 1.82) is 0 Å². The highest BCUT2D eigenvalue weighted by Crippen LogP contribution is 2.23. The molecular formula is C24H26N4O3. The number of benzene rings is 1. The van der Waals surface area contributed by atoms with Crippen LogP contribution in [0.5, 0.6) is 0 Å². The highest BCUT2D eigenvalue weighted by Gasteiger charge is 2.11. The summed E-state index contributed by atoms with van der Waals surface area (Å²) in [5.74, 6) is 0.572. The minimum atomic E-state index is 0.489. The number of unbranched alkanes of at least 4 members (excludes halogenated alkanes) is 1. The van der Waals surface area contributed by atoms with Crippen molar-refractivity contribution in [1.82, 2.24) is 14.3 Å². The molecule has 4 aromatic rings. The van der Waals surface area contributed by atoms with Crippen molar-refractivity contribution >= 4 is 16.5 Å². The van der Waals surface area contributed by atoms with Crippen LogP contribution in [0.2, 0.25) is 0 Å². The van der Waals surface area contributed by atoms with Crippen LogP contribution in [-0.4, -0.2) is 52.3 Å². The Labute approximate surface area is 180 Å². The molecule has 1 fully saturated rings. The number of hydrogen-bond donors (Lipinski definition) is 1. The molecule has 1 saturated heterocycles. The van der Waals surface area contributed by atoms with E-state index in [0.29, 0.717) is 22.4 Å². The number of rotatable bonds is 6. The Hall–Kier alpha value is -3.16. The molecule has 0 aliphatic carbocycles. The largest absolute Gasteiger partial charge is 0.454 e. The van der Waals surface area contributed by atoms with Gasteiger partial charge in [0.25, 0.3) is 0 Å². The van der Waals surface area contributed by atoms with Gasteiger partial charge in [0.05, 0.1) is 19.5 Å². The fourth-order valence-electron chi connectivity index (χ4n) is 4.14. The minimum Gasteiger partial charge on any atom is -0.454 e. The summed E-state index contributed by atoms with van der Waals surface area (Å²) in [5.41, 5.74) is 3.62. The van der Waals surface area contributed by atoms with E-state index in [2.05, 4.69) is 27.2 Å². The number of aryl methyl sites for hydroxylation is 1. The van der Waals surface area contributed by atoms with E-state index in [1.165, 1.54) is 5.56 Å². The van der Waals surface area contributed by atoms with Gasteiger partial charge in [0.2, 0.25) is 0 Å². The molecule has 4 heterocycles. The molecule has 0 amide bonds. The predicted octanol–water partition coefficient (Wildman–Crippen LogP) is 3.69. The topological polar surface area (TPSA) is 75.5 Å². The zero-order chi connectivity index (χ0) is 21.0. The second kappa shape index (κ2) is 8.91. The van der Waals surface area contributed by atoms with E-state index in [-0.39, 0.29) is 0 Å². The van der Waals surface area contributed by atoms with E-state index in [4.69, 9.17) is 9.15 Å². The Morgan fingerprint density at radius 2 is 1.97 bits per heavy atom. The Balaban J connectivity index is 1.34. The van der Waals surface area contributed by atoms with Crippen LogP contribution in [0.4, 0.5) is 0 Å². The summed E-state index contributed by atoms with van der Waals surface area (Å²) < 4.78 is 13.5. The van der Waals surface area contributed by atoms with Gasteiger partial charge in [-0.05, 0) is 61.7 Å². The van der Waals surface area contributed by atoms with E-state index < -0.39 is 0 Å². The maximum absolute atomic E-state index is 9.64. The van der Waals surface area contributed by atoms with Crippen LogP contribution >= 0.6 is 0 Å². The van der Waals surface area contributed by atoms with E-state index in [9.17, 15) is 5.21 Å². The first kappa shape index (κ1) is 19.8. The number of fused-ring (bicyclic) bond motifs is 2. The molecule has 0 unspecified atom stereocenters. The van der Waals surface area contributed by atoms with Gasteiger partial charge < -0.3 is 18.8 Å². The number of aromatic nitrogens is 2. The van der Waals surface area contributed by atoms with Crippen LogP contribution in [0.3, 0.4) is 0 Å². The molecule has 31 heavy (non-hydrogen) atoms. The highest BCUT2D eigenvalue weighted by molar-refractivity contribution is 5.79. The lowest BCUT2D eigenvalue weighted by Gasteiger charge is -2.26. The van der Waals surface area contributed by atoms with Crippen molar-refractivity contribution in [3.63, 3.8) is 0 Å². The lowest BCUT2D eigenvalue weighted by atomic mass is 10.0. The maximum atomic E-state index is 9.64. The quantitative estimate of drug-likeness (QED) is 0.294. The summed E-state index contributed by atoms with van der Waals surface area (Å²) in [5, 5.41) is 14.5. The molecule has 1 aromatic carbocycles. The zero-order valence-corrected chi connectivity index (χ0v) is 17.4. The average molecular weight is 418 g/mol. The van der Waals surface area contributed by atoms with Crippen LogP contribution < -0.4 is 5.36 Å². The molecule has 3 aromatic heterocycles. The van der Waals surface area contributed by atoms with Gasteiger partial charge in [-0.2, -0.15) is 0 Å². The van der Waals surface area contributed by atoms with Crippen molar-refractivity contribution in [3.05, 3.63) is 65.9 Å². The minimum absolute atomic E-state index is 0.489. The van der Waals surface area contributed by atoms with E-state index in [1.54, 1.807) is 12.4 Å². The summed E-state index contributed by atoms with van der Waals surface area (Å²) in [4.78, 5) is 6.94. The number of ether oxygens (including phenoxy) is 1. The summed E-state index contributed by atoms with van der Waals surface area (Å²) in [7, 11) is 0. The fourth-order valence-corrected chi connectivity index (χ4v) is 4.14. The molecular weight excluding hydrogens is 392 g/mol. The van der Waals surface area contributed by atoms with Crippen molar-refractivity contribution in [3.8, 4) is 11.5 Å². The van der Waals surface area contributed by atoms with Crippen LogP contribution in [0.1, 0.15) is 18.4 Å². The van der Waals surface area contributed by atoms with Crippen molar-refractivity contribution < 1.29 is 14.4 Å². The monoisotopic (exact) mass is 418 g/mol. The van der Waals surface area contributed by atoms with Crippen LogP contribution in [0, 0.1) is 0 Å². The van der Waals surface area contributed by atoms with Crippen LogP contribution in [0.15, 0.2) is 64.6 Å². The Kier molecular flexibility index (Phi) is 5.69. The molecule has 0 radical (unpaired) electrons. The van der Waals surface area contributed by atoms with E-state index >= 15 is 0 Å². The SMILES string of the molecule is O/N=c1\cc(-c2cc3cccn3cn2)oc2ccc(CCCCN3CCOCC3)cc12. The highest BCUT2D eigenvalue weighted by atomic mass is 16.5. The number of morpholine rings is 1. The second-order valence-electron chi connectivity index (χ2n) is 7.95. The smallest absolute Gasteiger partial charge is 0.155 e. The normalized spacial score (nSPS) is 15.8.